The molecule has 0 bridgehead atoms. The zero-order valence-corrected chi connectivity index (χ0v) is 13.9. The number of hydrogen-bond acceptors (Lipinski definition) is 4. The van der Waals surface area contributed by atoms with Gasteiger partial charge in [-0.1, -0.05) is 17.7 Å². The molecule has 1 aliphatic heterocycles. The summed E-state index contributed by atoms with van der Waals surface area (Å²) in [6.07, 6.45) is 1.43. The summed E-state index contributed by atoms with van der Waals surface area (Å²) < 4.78 is 25.2. The molecule has 0 saturated carbocycles. The van der Waals surface area contributed by atoms with Crippen LogP contribution in [0.2, 0.25) is 0 Å². The van der Waals surface area contributed by atoms with E-state index in [0.29, 0.717) is 43.0 Å². The van der Waals surface area contributed by atoms with E-state index in [-0.39, 0.29) is 11.2 Å². The van der Waals surface area contributed by atoms with Crippen molar-refractivity contribution < 1.29 is 13.2 Å². The number of rotatable bonds is 4. The highest BCUT2D eigenvalue weighted by molar-refractivity contribution is 7.92. The first-order valence-corrected chi connectivity index (χ1v) is 9.32. The molecule has 116 valence electrons. The molecular formula is C15H21NO3S2. The molecule has 1 aromatic carbocycles. The van der Waals surface area contributed by atoms with Crippen molar-refractivity contribution >= 4 is 28.4 Å². The van der Waals surface area contributed by atoms with Crippen molar-refractivity contribution in [2.75, 3.05) is 18.8 Å². The van der Waals surface area contributed by atoms with E-state index in [4.69, 9.17) is 0 Å². The number of benzene rings is 1. The van der Waals surface area contributed by atoms with E-state index in [9.17, 15) is 13.2 Å². The molecule has 0 unspecified atom stereocenters. The summed E-state index contributed by atoms with van der Waals surface area (Å²) in [6.45, 7) is 2.96. The van der Waals surface area contributed by atoms with E-state index in [1.54, 1.807) is 17.0 Å². The first-order valence-electron chi connectivity index (χ1n) is 7.14. The number of likely N-dealkylation sites (tertiary alicyclic amines) is 1. The van der Waals surface area contributed by atoms with Gasteiger partial charge < -0.3 is 4.90 Å². The molecule has 0 aromatic heterocycles. The monoisotopic (exact) mass is 327 g/mol. The molecule has 0 spiro atoms. The molecule has 0 aliphatic carbocycles. The van der Waals surface area contributed by atoms with Gasteiger partial charge in [0.1, 0.15) is 0 Å². The molecule has 1 heterocycles. The van der Waals surface area contributed by atoms with Gasteiger partial charge in [-0.25, -0.2) is 8.42 Å². The summed E-state index contributed by atoms with van der Waals surface area (Å²) in [5.41, 5.74) is 1.04. The molecule has 0 atom stereocenters. The van der Waals surface area contributed by atoms with Crippen LogP contribution in [0.15, 0.2) is 29.2 Å². The van der Waals surface area contributed by atoms with Crippen molar-refractivity contribution in [3.63, 3.8) is 0 Å². The van der Waals surface area contributed by atoms with Crippen molar-refractivity contribution in [1.29, 1.82) is 0 Å². The lowest BCUT2D eigenvalue weighted by Crippen LogP contribution is -2.42. The highest BCUT2D eigenvalue weighted by atomic mass is 32.2. The Labute approximate surface area is 131 Å². The van der Waals surface area contributed by atoms with Gasteiger partial charge in [0.25, 0.3) is 0 Å². The van der Waals surface area contributed by atoms with Gasteiger partial charge in [0.15, 0.2) is 9.84 Å². The Morgan fingerprint density at radius 2 is 1.81 bits per heavy atom. The van der Waals surface area contributed by atoms with Crippen LogP contribution in [-0.4, -0.2) is 43.3 Å². The Bertz CT molecular complexity index is 588. The van der Waals surface area contributed by atoms with E-state index in [1.165, 1.54) is 0 Å². The largest absolute Gasteiger partial charge is 0.343 e. The number of sulfone groups is 1. The summed E-state index contributed by atoms with van der Waals surface area (Å²) in [5, 5.41) is -0.389. The van der Waals surface area contributed by atoms with Crippen LogP contribution < -0.4 is 0 Å². The van der Waals surface area contributed by atoms with Crippen molar-refractivity contribution in [2.24, 2.45) is 0 Å². The van der Waals surface area contributed by atoms with Crippen LogP contribution in [0.4, 0.5) is 0 Å². The minimum Gasteiger partial charge on any atom is -0.343 e. The summed E-state index contributed by atoms with van der Waals surface area (Å²) in [4.78, 5) is 13.9. The Hall–Kier alpha value is -1.01. The predicted octanol–water partition coefficient (Wildman–Crippen LogP) is 2.08. The van der Waals surface area contributed by atoms with Crippen molar-refractivity contribution in [3.05, 3.63) is 29.8 Å². The van der Waals surface area contributed by atoms with E-state index >= 15 is 0 Å². The fraction of sp³-hybridized carbons (Fsp3) is 0.533. The number of thiol groups is 1. The van der Waals surface area contributed by atoms with Crippen LogP contribution in [0.5, 0.6) is 0 Å². The Morgan fingerprint density at radius 3 is 2.33 bits per heavy atom. The summed E-state index contributed by atoms with van der Waals surface area (Å²) in [5.74, 6) is 0.594. The van der Waals surface area contributed by atoms with Crippen LogP contribution >= 0.6 is 12.6 Å². The van der Waals surface area contributed by atoms with Gasteiger partial charge >= 0.3 is 0 Å². The van der Waals surface area contributed by atoms with Gasteiger partial charge in [-0.3, -0.25) is 4.79 Å². The average Bonchev–Trinajstić information content (AvgIpc) is 2.48. The fourth-order valence-corrected chi connectivity index (χ4v) is 4.51. The van der Waals surface area contributed by atoms with E-state index < -0.39 is 9.84 Å². The minimum absolute atomic E-state index is 0.0659. The normalized spacial score (nSPS) is 17.0. The number of nitrogens with zero attached hydrogens (tertiary/aromatic N) is 1. The highest BCUT2D eigenvalue weighted by Crippen LogP contribution is 2.25. The summed E-state index contributed by atoms with van der Waals surface area (Å²) >= 11 is 4.06. The highest BCUT2D eigenvalue weighted by Gasteiger charge is 2.32. The average molecular weight is 327 g/mol. The first-order chi connectivity index (χ1) is 9.95. The third kappa shape index (κ3) is 3.80. The molecule has 1 saturated heterocycles. The maximum atomic E-state index is 12.6. The van der Waals surface area contributed by atoms with Crippen molar-refractivity contribution in [1.82, 2.24) is 4.90 Å². The molecule has 1 fully saturated rings. The lowest BCUT2D eigenvalue weighted by molar-refractivity contribution is -0.131. The van der Waals surface area contributed by atoms with Gasteiger partial charge in [0, 0.05) is 19.5 Å². The number of hydrogen-bond donors (Lipinski definition) is 1. The molecular weight excluding hydrogens is 306 g/mol. The lowest BCUT2D eigenvalue weighted by atomic mass is 10.1. The number of amides is 1. The number of carbonyl (C=O) groups is 1. The van der Waals surface area contributed by atoms with E-state index in [1.807, 2.05) is 19.1 Å². The van der Waals surface area contributed by atoms with Crippen LogP contribution in [0.3, 0.4) is 0 Å². The number of aryl methyl sites for hydroxylation is 1. The standard InChI is InChI=1S/C15H21NO3S2/c1-12-2-4-13(5-3-12)21(18,19)14-6-9-16(10-7-14)15(17)8-11-20/h2-5,14,20H,6-11H2,1H3. The van der Waals surface area contributed by atoms with Crippen LogP contribution in [0.25, 0.3) is 0 Å². The predicted molar refractivity (Wildman–Crippen MR) is 86.4 cm³/mol. The lowest BCUT2D eigenvalue weighted by Gasteiger charge is -2.31. The Balaban J connectivity index is 2.04. The SMILES string of the molecule is Cc1ccc(S(=O)(=O)C2CCN(C(=O)CCS)CC2)cc1. The van der Waals surface area contributed by atoms with Gasteiger partial charge in [0.05, 0.1) is 10.1 Å². The van der Waals surface area contributed by atoms with Crippen molar-refractivity contribution in [2.45, 2.75) is 36.3 Å². The molecule has 2 rings (SSSR count). The van der Waals surface area contributed by atoms with Crippen LogP contribution in [0, 0.1) is 6.92 Å². The zero-order valence-electron chi connectivity index (χ0n) is 12.2. The Kier molecular flexibility index (Phi) is 5.32. The molecule has 1 amide bonds. The van der Waals surface area contributed by atoms with E-state index in [0.717, 1.165) is 5.56 Å². The van der Waals surface area contributed by atoms with Crippen molar-refractivity contribution in [3.8, 4) is 0 Å². The minimum atomic E-state index is -3.29. The van der Waals surface area contributed by atoms with E-state index in [2.05, 4.69) is 12.6 Å². The van der Waals surface area contributed by atoms with Gasteiger partial charge in [-0.05, 0) is 37.7 Å². The van der Waals surface area contributed by atoms with Crippen LogP contribution in [-0.2, 0) is 14.6 Å². The second-order valence-corrected chi connectivity index (χ2v) is 8.09. The molecule has 0 radical (unpaired) electrons. The first kappa shape index (κ1) is 16.4. The third-order valence-corrected chi connectivity index (χ3v) is 6.41. The second kappa shape index (κ2) is 6.83. The topological polar surface area (TPSA) is 54.5 Å². The Morgan fingerprint density at radius 1 is 1.24 bits per heavy atom. The van der Waals surface area contributed by atoms with Crippen LogP contribution in [0.1, 0.15) is 24.8 Å². The second-order valence-electron chi connectivity index (χ2n) is 5.41. The summed E-state index contributed by atoms with van der Waals surface area (Å²) in [6, 6.07) is 6.97. The molecule has 0 N–H and O–H groups in total. The maximum Gasteiger partial charge on any atom is 0.223 e. The molecule has 6 heteroatoms. The van der Waals surface area contributed by atoms with Gasteiger partial charge in [-0.15, -0.1) is 0 Å². The molecule has 21 heavy (non-hydrogen) atoms. The maximum absolute atomic E-state index is 12.6. The zero-order chi connectivity index (χ0) is 15.5. The van der Waals surface area contributed by atoms with Gasteiger partial charge in [-0.2, -0.15) is 12.6 Å². The number of carbonyl (C=O) groups excluding carboxylic acids is 1. The third-order valence-electron chi connectivity index (χ3n) is 3.91. The number of piperidine rings is 1. The molecule has 1 aliphatic rings. The molecule has 1 aromatic rings. The smallest absolute Gasteiger partial charge is 0.223 e. The molecule has 4 nitrogen and oxygen atoms in total. The van der Waals surface area contributed by atoms with Gasteiger partial charge in [0.2, 0.25) is 5.91 Å². The fourth-order valence-electron chi connectivity index (χ4n) is 2.59. The summed E-state index contributed by atoms with van der Waals surface area (Å²) in [7, 11) is -3.29. The quantitative estimate of drug-likeness (QED) is 0.862.